The zero-order chi connectivity index (χ0) is 19.8. The number of unbranched alkanes of at least 4 members (excludes halogenated alkanes) is 14. The van der Waals surface area contributed by atoms with E-state index in [9.17, 15) is 0 Å². The van der Waals surface area contributed by atoms with Crippen molar-refractivity contribution in [2.75, 3.05) is 26.2 Å². The lowest BCUT2D eigenvalue weighted by Crippen LogP contribution is -2.27. The van der Waals surface area contributed by atoms with Crippen molar-refractivity contribution in [1.29, 1.82) is 5.41 Å². The van der Waals surface area contributed by atoms with E-state index in [1.54, 1.807) is 0 Å². The Morgan fingerprint density at radius 1 is 0.556 bits per heavy atom. The molecule has 0 saturated heterocycles. The van der Waals surface area contributed by atoms with E-state index in [-0.39, 0.29) is 0 Å². The Bertz CT molecular complexity index is 304. The van der Waals surface area contributed by atoms with Gasteiger partial charge in [0.15, 0.2) is 0 Å². The van der Waals surface area contributed by atoms with Crippen LogP contribution in [0.5, 0.6) is 0 Å². The summed E-state index contributed by atoms with van der Waals surface area (Å²) in [6, 6.07) is 2.16. The lowest BCUT2D eigenvalue weighted by Gasteiger charge is -2.22. The summed E-state index contributed by atoms with van der Waals surface area (Å²) >= 11 is 0. The van der Waals surface area contributed by atoms with Crippen molar-refractivity contribution >= 4 is 6.01 Å². The topological polar surface area (TPSA) is 39.5 Å². The van der Waals surface area contributed by atoms with Gasteiger partial charge in [-0.25, -0.2) is 10.4 Å². The summed E-state index contributed by atoms with van der Waals surface area (Å²) in [5, 5.41) is 6.89. The molecular weight excluding hydrogens is 330 g/mol. The van der Waals surface area contributed by atoms with E-state index < -0.39 is 0 Å². The lowest BCUT2D eigenvalue weighted by atomic mass is 10.1. The second kappa shape index (κ2) is 23.4. The highest BCUT2D eigenvalue weighted by atomic mass is 15.1. The van der Waals surface area contributed by atoms with Crippen molar-refractivity contribution in [2.45, 2.75) is 123 Å². The molecule has 0 aromatic carbocycles. The van der Waals surface area contributed by atoms with E-state index in [0.717, 1.165) is 19.5 Å². The fourth-order valence-corrected chi connectivity index (χ4v) is 3.70. The van der Waals surface area contributed by atoms with Crippen LogP contribution in [0.25, 0.3) is 0 Å². The molecule has 3 heteroatoms. The van der Waals surface area contributed by atoms with Gasteiger partial charge in [0.05, 0.1) is 12.6 Å². The monoisotopic (exact) mass is 379 g/mol. The molecule has 0 spiro atoms. The molecule has 0 bridgehead atoms. The van der Waals surface area contributed by atoms with Crippen molar-refractivity contribution in [1.82, 2.24) is 4.90 Å². The Kier molecular flexibility index (Phi) is 22.8. The first-order chi connectivity index (χ1) is 13.3. The van der Waals surface area contributed by atoms with Gasteiger partial charge in [0.2, 0.25) is 0 Å². The van der Waals surface area contributed by atoms with E-state index in [0.29, 0.717) is 0 Å². The first-order valence-corrected chi connectivity index (χ1v) is 12.2. The summed E-state index contributed by atoms with van der Waals surface area (Å²) in [7, 11) is 0. The maximum atomic E-state index is 6.89. The fraction of sp³-hybridized carbons (Fsp3) is 0.958. The van der Waals surface area contributed by atoms with Crippen LogP contribution >= 0.6 is 0 Å². The molecule has 0 rings (SSSR count). The number of nitrogens with zero attached hydrogens (tertiary/aromatic N) is 2. The smallest absolute Gasteiger partial charge is 0.0861 e. The van der Waals surface area contributed by atoms with E-state index in [2.05, 4.69) is 29.7 Å². The maximum Gasteiger partial charge on any atom is 0.0861 e. The molecule has 0 aromatic heterocycles. The standard InChI is InChI=1S/C24H49N3/c1-3-5-7-9-11-13-15-17-21-27(23-19-20-26-24-25)22-18-16-14-12-10-8-6-4-2/h25H,3-23H2,1-2H3. The van der Waals surface area contributed by atoms with Crippen LogP contribution < -0.4 is 0 Å². The molecule has 3 nitrogen and oxygen atoms in total. The molecule has 0 atom stereocenters. The third-order valence-corrected chi connectivity index (χ3v) is 5.48. The summed E-state index contributed by atoms with van der Waals surface area (Å²) in [4.78, 5) is 6.57. The first-order valence-electron chi connectivity index (χ1n) is 12.2. The highest BCUT2D eigenvalue weighted by Gasteiger charge is 2.04. The van der Waals surface area contributed by atoms with Crippen LogP contribution in [0.2, 0.25) is 0 Å². The number of aliphatic imine (C=N–C) groups is 1. The van der Waals surface area contributed by atoms with Gasteiger partial charge in [-0.3, -0.25) is 0 Å². The van der Waals surface area contributed by atoms with Crippen molar-refractivity contribution in [3.8, 4) is 0 Å². The Labute approximate surface area is 170 Å². The van der Waals surface area contributed by atoms with Crippen LogP contribution in [0.3, 0.4) is 0 Å². The Hall–Kier alpha value is -0.660. The Morgan fingerprint density at radius 3 is 1.33 bits per heavy atom. The summed E-state index contributed by atoms with van der Waals surface area (Å²) in [5.74, 6) is 0. The van der Waals surface area contributed by atoms with Gasteiger partial charge in [0.1, 0.15) is 0 Å². The Balaban J connectivity index is 3.75. The molecule has 27 heavy (non-hydrogen) atoms. The number of rotatable bonds is 22. The van der Waals surface area contributed by atoms with Gasteiger partial charge in [-0.1, -0.05) is 104 Å². The number of hydrogen-bond donors (Lipinski definition) is 1. The predicted octanol–water partition coefficient (Wildman–Crippen LogP) is 7.71. The van der Waals surface area contributed by atoms with Crippen LogP contribution in [0.4, 0.5) is 0 Å². The molecule has 0 aliphatic heterocycles. The molecule has 0 aromatic rings. The summed E-state index contributed by atoms with van der Waals surface area (Å²) in [5.41, 5.74) is 0. The molecule has 0 aliphatic carbocycles. The molecule has 160 valence electrons. The van der Waals surface area contributed by atoms with Gasteiger partial charge in [0.25, 0.3) is 0 Å². The summed E-state index contributed by atoms with van der Waals surface area (Å²) < 4.78 is 0. The number of nitrogens with one attached hydrogen (secondary N) is 1. The molecule has 0 heterocycles. The van der Waals surface area contributed by atoms with Crippen LogP contribution in [-0.2, 0) is 0 Å². The molecule has 0 aliphatic rings. The van der Waals surface area contributed by atoms with Crippen LogP contribution in [-0.4, -0.2) is 37.1 Å². The van der Waals surface area contributed by atoms with Crippen LogP contribution in [0.15, 0.2) is 4.99 Å². The van der Waals surface area contributed by atoms with Crippen LogP contribution in [0, 0.1) is 5.41 Å². The highest BCUT2D eigenvalue weighted by molar-refractivity contribution is 5.35. The first kappa shape index (κ1) is 26.3. The molecule has 0 amide bonds. The van der Waals surface area contributed by atoms with E-state index in [1.165, 1.54) is 116 Å². The van der Waals surface area contributed by atoms with Crippen molar-refractivity contribution in [3.05, 3.63) is 0 Å². The molecular formula is C24H49N3. The van der Waals surface area contributed by atoms with E-state index in [4.69, 9.17) is 5.41 Å². The average Bonchev–Trinajstić information content (AvgIpc) is 2.68. The molecule has 0 fully saturated rings. The Morgan fingerprint density at radius 2 is 0.926 bits per heavy atom. The molecule has 1 N–H and O–H groups in total. The quantitative estimate of drug-likeness (QED) is 0.152. The highest BCUT2D eigenvalue weighted by Crippen LogP contribution is 2.11. The zero-order valence-corrected chi connectivity index (χ0v) is 18.7. The summed E-state index contributed by atoms with van der Waals surface area (Å²) in [6.45, 7) is 8.97. The predicted molar refractivity (Wildman–Crippen MR) is 121 cm³/mol. The second-order valence-corrected chi connectivity index (χ2v) is 8.14. The third-order valence-electron chi connectivity index (χ3n) is 5.48. The third kappa shape index (κ3) is 21.5. The molecule has 0 radical (unpaired) electrons. The fourth-order valence-electron chi connectivity index (χ4n) is 3.70. The van der Waals surface area contributed by atoms with Crippen molar-refractivity contribution < 1.29 is 0 Å². The largest absolute Gasteiger partial charge is 0.303 e. The molecule has 0 unspecified atom stereocenters. The minimum absolute atomic E-state index is 0.759. The van der Waals surface area contributed by atoms with E-state index in [1.807, 2.05) is 0 Å². The van der Waals surface area contributed by atoms with Crippen molar-refractivity contribution in [3.63, 3.8) is 0 Å². The minimum Gasteiger partial charge on any atom is -0.303 e. The SMILES string of the molecule is CCCCCCCCCCN(CCCCCCCCCC)CCCN=C=N. The lowest BCUT2D eigenvalue weighted by molar-refractivity contribution is 0.258. The normalized spacial score (nSPS) is 11.1. The van der Waals surface area contributed by atoms with Gasteiger partial charge in [-0.2, -0.15) is 0 Å². The average molecular weight is 380 g/mol. The van der Waals surface area contributed by atoms with Gasteiger partial charge >= 0.3 is 0 Å². The minimum atomic E-state index is 0.759. The zero-order valence-electron chi connectivity index (χ0n) is 18.7. The van der Waals surface area contributed by atoms with Gasteiger partial charge in [-0.05, 0) is 38.9 Å². The molecule has 0 saturated carbocycles. The second-order valence-electron chi connectivity index (χ2n) is 8.14. The summed E-state index contributed by atoms with van der Waals surface area (Å²) in [6.07, 6.45) is 23.4. The van der Waals surface area contributed by atoms with Crippen molar-refractivity contribution in [2.24, 2.45) is 4.99 Å². The van der Waals surface area contributed by atoms with Gasteiger partial charge in [0, 0.05) is 0 Å². The van der Waals surface area contributed by atoms with Gasteiger partial charge in [-0.15, -0.1) is 0 Å². The number of hydrogen-bond acceptors (Lipinski definition) is 3. The maximum absolute atomic E-state index is 6.89. The van der Waals surface area contributed by atoms with Gasteiger partial charge < -0.3 is 4.90 Å². The van der Waals surface area contributed by atoms with E-state index >= 15 is 0 Å². The van der Waals surface area contributed by atoms with Crippen LogP contribution in [0.1, 0.15) is 123 Å².